The van der Waals surface area contributed by atoms with Gasteiger partial charge in [-0.25, -0.2) is 0 Å². The highest BCUT2D eigenvalue weighted by atomic mass is 79.9. The number of Topliss-reactive ketones (excluding diaryl/α,β-unsaturated/α-hetero) is 1. The SMILES string of the molecule is CCCCN(CCCC)CC(=O)c1ccc2cc(Br)c3ccccc3c2c1.Cl. The van der Waals surface area contributed by atoms with Gasteiger partial charge in [0, 0.05) is 10.0 Å². The Bertz CT molecular complexity index is 932. The van der Waals surface area contributed by atoms with E-state index in [0.29, 0.717) is 6.54 Å². The summed E-state index contributed by atoms with van der Waals surface area (Å²) < 4.78 is 1.09. The third kappa shape index (κ3) is 5.34. The quantitative estimate of drug-likeness (QED) is 0.246. The number of rotatable bonds is 9. The molecule has 3 aromatic rings. The number of benzene rings is 3. The van der Waals surface area contributed by atoms with E-state index in [1.54, 1.807) is 0 Å². The number of hydrogen-bond donors (Lipinski definition) is 0. The van der Waals surface area contributed by atoms with Crippen LogP contribution in [0, 0.1) is 0 Å². The zero-order chi connectivity index (χ0) is 19.2. The Balaban J connectivity index is 0.00000280. The van der Waals surface area contributed by atoms with E-state index in [2.05, 4.69) is 71.1 Å². The van der Waals surface area contributed by atoms with Crippen molar-refractivity contribution in [1.82, 2.24) is 4.90 Å². The second-order valence-corrected chi connectivity index (χ2v) is 8.10. The van der Waals surface area contributed by atoms with Gasteiger partial charge in [-0.3, -0.25) is 9.69 Å². The van der Waals surface area contributed by atoms with Crippen LogP contribution in [0.4, 0.5) is 0 Å². The molecule has 2 nitrogen and oxygen atoms in total. The number of nitrogens with zero attached hydrogens (tertiary/aromatic N) is 1. The molecule has 0 bridgehead atoms. The Morgan fingerprint density at radius 3 is 2.18 bits per heavy atom. The van der Waals surface area contributed by atoms with Gasteiger partial charge in [-0.05, 0) is 59.6 Å². The third-order valence-corrected chi connectivity index (χ3v) is 5.81. The fourth-order valence-corrected chi connectivity index (χ4v) is 4.15. The average Bonchev–Trinajstić information content (AvgIpc) is 2.70. The zero-order valence-corrected chi connectivity index (χ0v) is 19.1. The predicted octanol–water partition coefficient (Wildman–Crippen LogP) is 7.26. The lowest BCUT2D eigenvalue weighted by molar-refractivity contribution is 0.0928. The summed E-state index contributed by atoms with van der Waals surface area (Å²) in [6.45, 7) is 6.93. The molecule has 4 heteroatoms. The third-order valence-electron chi connectivity index (χ3n) is 5.16. The minimum Gasteiger partial charge on any atom is -0.296 e. The van der Waals surface area contributed by atoms with Crippen LogP contribution in [0.5, 0.6) is 0 Å². The van der Waals surface area contributed by atoms with E-state index in [-0.39, 0.29) is 18.2 Å². The van der Waals surface area contributed by atoms with Crippen molar-refractivity contribution in [3.63, 3.8) is 0 Å². The summed E-state index contributed by atoms with van der Waals surface area (Å²) in [5.41, 5.74) is 0.813. The second-order valence-electron chi connectivity index (χ2n) is 7.25. The van der Waals surface area contributed by atoms with Crippen molar-refractivity contribution in [2.24, 2.45) is 0 Å². The molecule has 0 atom stereocenters. The highest BCUT2D eigenvalue weighted by Crippen LogP contribution is 2.32. The molecule has 0 radical (unpaired) electrons. The molecule has 0 saturated carbocycles. The fourth-order valence-electron chi connectivity index (χ4n) is 3.56. The van der Waals surface area contributed by atoms with Crippen molar-refractivity contribution in [3.05, 3.63) is 58.6 Å². The predicted molar refractivity (Wildman–Crippen MR) is 127 cm³/mol. The minimum atomic E-state index is 0. The maximum absolute atomic E-state index is 13.0. The van der Waals surface area contributed by atoms with Crippen molar-refractivity contribution >= 4 is 55.7 Å². The van der Waals surface area contributed by atoms with Crippen molar-refractivity contribution < 1.29 is 4.79 Å². The van der Waals surface area contributed by atoms with Gasteiger partial charge in [0.25, 0.3) is 0 Å². The van der Waals surface area contributed by atoms with E-state index in [1.807, 2.05) is 12.1 Å². The molecule has 0 aliphatic rings. The van der Waals surface area contributed by atoms with E-state index in [0.717, 1.165) is 59.6 Å². The first-order valence-electron chi connectivity index (χ1n) is 10.0. The van der Waals surface area contributed by atoms with Crippen molar-refractivity contribution in [2.45, 2.75) is 39.5 Å². The van der Waals surface area contributed by atoms with E-state index in [9.17, 15) is 4.79 Å². The Kier molecular flexibility index (Phi) is 8.94. The highest BCUT2D eigenvalue weighted by Gasteiger charge is 2.14. The van der Waals surface area contributed by atoms with Crippen LogP contribution in [0.15, 0.2) is 53.0 Å². The average molecular weight is 463 g/mol. The summed E-state index contributed by atoms with van der Waals surface area (Å²) in [6, 6.07) is 16.6. The Morgan fingerprint density at radius 1 is 0.893 bits per heavy atom. The molecular weight excluding hydrogens is 434 g/mol. The lowest BCUT2D eigenvalue weighted by Crippen LogP contribution is -2.31. The zero-order valence-electron chi connectivity index (χ0n) is 16.7. The van der Waals surface area contributed by atoms with Gasteiger partial charge in [-0.2, -0.15) is 0 Å². The van der Waals surface area contributed by atoms with E-state index < -0.39 is 0 Å². The van der Waals surface area contributed by atoms with E-state index in [4.69, 9.17) is 0 Å². The first kappa shape index (κ1) is 22.9. The van der Waals surface area contributed by atoms with Crippen LogP contribution < -0.4 is 0 Å². The number of ketones is 1. The number of halogens is 2. The maximum Gasteiger partial charge on any atom is 0.176 e. The van der Waals surface area contributed by atoms with Crippen LogP contribution >= 0.6 is 28.3 Å². The van der Waals surface area contributed by atoms with Gasteiger partial charge in [0.15, 0.2) is 5.78 Å². The van der Waals surface area contributed by atoms with Crippen molar-refractivity contribution in [1.29, 1.82) is 0 Å². The molecule has 0 aromatic heterocycles. The summed E-state index contributed by atoms with van der Waals surface area (Å²) in [5, 5.41) is 4.67. The molecule has 28 heavy (non-hydrogen) atoms. The smallest absolute Gasteiger partial charge is 0.176 e. The molecular formula is C24H29BrClNO. The molecule has 0 unspecified atom stereocenters. The number of unbranched alkanes of at least 4 members (excludes halogenated alkanes) is 2. The molecule has 3 rings (SSSR count). The molecule has 0 aliphatic carbocycles. The number of hydrogen-bond acceptors (Lipinski definition) is 2. The van der Waals surface area contributed by atoms with Gasteiger partial charge in [-0.1, -0.05) is 79.0 Å². The molecule has 150 valence electrons. The van der Waals surface area contributed by atoms with E-state index >= 15 is 0 Å². The van der Waals surface area contributed by atoms with Crippen molar-refractivity contribution in [3.8, 4) is 0 Å². The molecule has 0 amide bonds. The topological polar surface area (TPSA) is 20.3 Å². The lowest BCUT2D eigenvalue weighted by atomic mass is 9.98. The van der Waals surface area contributed by atoms with Crippen LogP contribution in [0.2, 0.25) is 0 Å². The fraction of sp³-hybridized carbons (Fsp3) is 0.375. The molecule has 0 aliphatic heterocycles. The first-order valence-corrected chi connectivity index (χ1v) is 10.8. The summed E-state index contributed by atoms with van der Waals surface area (Å²) in [6.07, 6.45) is 4.61. The molecule has 0 fully saturated rings. The second kappa shape index (κ2) is 10.9. The molecule has 0 saturated heterocycles. The van der Waals surface area contributed by atoms with E-state index in [1.165, 1.54) is 10.8 Å². The monoisotopic (exact) mass is 461 g/mol. The van der Waals surface area contributed by atoms with Gasteiger partial charge in [-0.15, -0.1) is 12.4 Å². The van der Waals surface area contributed by atoms with Crippen LogP contribution in [0.3, 0.4) is 0 Å². The Labute approximate surface area is 182 Å². The van der Waals surface area contributed by atoms with Crippen molar-refractivity contribution in [2.75, 3.05) is 19.6 Å². The summed E-state index contributed by atoms with van der Waals surface area (Å²) in [4.78, 5) is 15.3. The minimum absolute atomic E-state index is 0. The molecule has 0 heterocycles. The van der Waals surface area contributed by atoms with Gasteiger partial charge in [0.05, 0.1) is 6.54 Å². The highest BCUT2D eigenvalue weighted by molar-refractivity contribution is 9.10. The Morgan fingerprint density at radius 2 is 1.54 bits per heavy atom. The standard InChI is InChI=1S/C24H28BrNO.ClH/c1-3-5-13-26(14-6-4-2)17-24(27)19-12-11-18-16-23(25)21-10-8-7-9-20(21)22(18)15-19;/h7-12,15-16H,3-6,13-14,17H2,1-2H3;1H. The molecule has 0 N–H and O–H groups in total. The molecule has 3 aromatic carbocycles. The number of carbonyl (C=O) groups excluding carboxylic acids is 1. The van der Waals surface area contributed by atoms with Gasteiger partial charge in [0.2, 0.25) is 0 Å². The van der Waals surface area contributed by atoms with Gasteiger partial charge < -0.3 is 0 Å². The van der Waals surface area contributed by atoms with Crippen LogP contribution in [0.1, 0.15) is 49.9 Å². The Hall–Kier alpha value is -1.42. The van der Waals surface area contributed by atoms with Crippen LogP contribution in [-0.4, -0.2) is 30.3 Å². The number of fused-ring (bicyclic) bond motifs is 3. The lowest BCUT2D eigenvalue weighted by Gasteiger charge is -2.21. The van der Waals surface area contributed by atoms with Crippen LogP contribution in [0.25, 0.3) is 21.5 Å². The first-order chi connectivity index (χ1) is 13.1. The molecule has 0 spiro atoms. The summed E-state index contributed by atoms with van der Waals surface area (Å²) in [7, 11) is 0. The number of carbonyl (C=O) groups is 1. The van der Waals surface area contributed by atoms with Gasteiger partial charge >= 0.3 is 0 Å². The summed E-state index contributed by atoms with van der Waals surface area (Å²) >= 11 is 3.67. The largest absolute Gasteiger partial charge is 0.296 e. The van der Waals surface area contributed by atoms with Gasteiger partial charge in [0.1, 0.15) is 0 Å². The normalized spacial score (nSPS) is 11.1. The van der Waals surface area contributed by atoms with Crippen LogP contribution in [-0.2, 0) is 0 Å². The summed E-state index contributed by atoms with van der Waals surface area (Å²) in [5.74, 6) is 0.219. The maximum atomic E-state index is 13.0.